The third kappa shape index (κ3) is 5.79. The van der Waals surface area contributed by atoms with Crippen molar-refractivity contribution in [2.24, 2.45) is 10.8 Å². The van der Waals surface area contributed by atoms with Crippen molar-refractivity contribution >= 4 is 27.8 Å². The highest BCUT2D eigenvalue weighted by Gasteiger charge is 2.07. The number of carboxylic acids is 1. The van der Waals surface area contributed by atoms with Gasteiger partial charge in [-0.3, -0.25) is 4.99 Å². The summed E-state index contributed by atoms with van der Waals surface area (Å²) in [6, 6.07) is 9.59. The lowest BCUT2D eigenvalue weighted by atomic mass is 10.1. The van der Waals surface area contributed by atoms with Gasteiger partial charge in [-0.2, -0.15) is 0 Å². The van der Waals surface area contributed by atoms with Crippen LogP contribution in [0.1, 0.15) is 41.3 Å². The number of hydrazine groups is 1. The maximum absolute atomic E-state index is 10.9. The van der Waals surface area contributed by atoms with Gasteiger partial charge in [0.15, 0.2) is 5.17 Å². The molecule has 2 rings (SSSR count). The molecule has 0 radical (unpaired) electrons. The monoisotopic (exact) mass is 372 g/mol. The van der Waals surface area contributed by atoms with Gasteiger partial charge in [0.1, 0.15) is 0 Å². The average Bonchev–Trinajstić information content (AvgIpc) is 3.10. The number of thioether (sulfide) groups is 1. The first-order valence-electron chi connectivity index (χ1n) is 8.39. The summed E-state index contributed by atoms with van der Waals surface area (Å²) < 4.78 is 1.85. The van der Waals surface area contributed by atoms with Crippen LogP contribution >= 0.6 is 11.8 Å². The van der Waals surface area contributed by atoms with Crippen LogP contribution in [0.25, 0.3) is 4.91 Å². The minimum absolute atomic E-state index is 0.288. The summed E-state index contributed by atoms with van der Waals surface area (Å²) in [4.78, 5) is 16.2. The first-order valence-corrected chi connectivity index (χ1v) is 9.21. The molecule has 0 bridgehead atoms. The second kappa shape index (κ2) is 9.84. The van der Waals surface area contributed by atoms with Crippen molar-refractivity contribution in [3.63, 3.8) is 0 Å². The number of nitrogens with two attached hydrogens (primary N) is 1. The predicted molar refractivity (Wildman–Crippen MR) is 108 cm³/mol. The zero-order valence-corrected chi connectivity index (χ0v) is 15.6. The number of nitrogens with one attached hydrogen (secondary N) is 1. The van der Waals surface area contributed by atoms with Crippen LogP contribution in [0, 0.1) is 0 Å². The fourth-order valence-corrected chi connectivity index (χ4v) is 3.00. The lowest BCUT2D eigenvalue weighted by molar-refractivity contribution is 0.0697. The number of hydrogen-bond donors (Lipinski definition) is 3. The van der Waals surface area contributed by atoms with Crippen molar-refractivity contribution in [1.82, 2.24) is 9.99 Å². The van der Waals surface area contributed by atoms with Crippen LogP contribution in [0.2, 0.25) is 0 Å². The van der Waals surface area contributed by atoms with E-state index in [2.05, 4.69) is 23.9 Å². The normalized spacial score (nSPS) is 11.4. The predicted octanol–water partition coefficient (Wildman–Crippen LogP) is 3.56. The molecule has 0 atom stereocenters. The van der Waals surface area contributed by atoms with Crippen LogP contribution in [0.15, 0.2) is 54.3 Å². The van der Waals surface area contributed by atoms with E-state index in [1.807, 2.05) is 28.8 Å². The summed E-state index contributed by atoms with van der Waals surface area (Å²) in [7, 11) is 0. The number of unbranched alkanes of at least 4 members (excludes halogenated alkanes) is 1. The SMILES string of the molecule is C=C(SC(=NCCCC)NN)c1ccc(Cn2ccc(C(=O)O)c2)cc1. The highest BCUT2D eigenvalue weighted by Crippen LogP contribution is 2.26. The van der Waals surface area contributed by atoms with Gasteiger partial charge in [0, 0.05) is 30.4 Å². The van der Waals surface area contributed by atoms with E-state index in [0.29, 0.717) is 11.7 Å². The van der Waals surface area contributed by atoms with Gasteiger partial charge >= 0.3 is 5.97 Å². The molecule has 0 fully saturated rings. The summed E-state index contributed by atoms with van der Waals surface area (Å²) in [6.45, 7) is 7.57. The molecule has 0 aliphatic carbocycles. The Bertz CT molecular complexity index is 781. The van der Waals surface area contributed by atoms with E-state index in [4.69, 9.17) is 10.9 Å². The third-order valence-corrected chi connectivity index (χ3v) is 4.67. The number of carboxylic acid groups (broad SMARTS) is 1. The molecule has 0 saturated carbocycles. The maximum atomic E-state index is 10.9. The topological polar surface area (TPSA) is 92.6 Å². The van der Waals surface area contributed by atoms with Crippen molar-refractivity contribution in [2.45, 2.75) is 26.3 Å². The Kier molecular flexibility index (Phi) is 7.50. The van der Waals surface area contributed by atoms with Gasteiger partial charge in [-0.1, -0.05) is 56.0 Å². The van der Waals surface area contributed by atoms with Crippen LogP contribution in [-0.4, -0.2) is 27.4 Å². The van der Waals surface area contributed by atoms with Crippen molar-refractivity contribution < 1.29 is 9.90 Å². The molecule has 0 saturated heterocycles. The molecule has 0 amide bonds. The van der Waals surface area contributed by atoms with E-state index in [-0.39, 0.29) is 5.56 Å². The number of nitrogens with zero attached hydrogens (tertiary/aromatic N) is 2. The smallest absolute Gasteiger partial charge is 0.337 e. The number of aliphatic imine (C=N–C) groups is 1. The molecule has 1 aromatic heterocycles. The molecule has 0 spiro atoms. The number of benzene rings is 1. The van der Waals surface area contributed by atoms with Gasteiger partial charge in [0.05, 0.1) is 5.56 Å². The minimum Gasteiger partial charge on any atom is -0.478 e. The summed E-state index contributed by atoms with van der Waals surface area (Å²) in [6.07, 6.45) is 5.49. The number of aromatic nitrogens is 1. The Balaban J connectivity index is 1.98. The second-order valence-corrected chi connectivity index (χ2v) is 6.87. The van der Waals surface area contributed by atoms with E-state index >= 15 is 0 Å². The number of aromatic carboxylic acids is 1. The summed E-state index contributed by atoms with van der Waals surface area (Å²) in [5.41, 5.74) is 4.98. The molecule has 4 N–H and O–H groups in total. The molecule has 2 aromatic rings. The summed E-state index contributed by atoms with van der Waals surface area (Å²) in [5.74, 6) is 4.61. The van der Waals surface area contributed by atoms with E-state index in [9.17, 15) is 4.79 Å². The third-order valence-electron chi connectivity index (χ3n) is 3.75. The van der Waals surface area contributed by atoms with E-state index in [1.165, 1.54) is 11.8 Å². The number of hydrogen-bond acceptors (Lipinski definition) is 4. The zero-order valence-electron chi connectivity index (χ0n) is 14.8. The Morgan fingerprint density at radius 2 is 2.04 bits per heavy atom. The van der Waals surface area contributed by atoms with Crippen LogP contribution in [0.5, 0.6) is 0 Å². The fourth-order valence-electron chi connectivity index (χ4n) is 2.29. The molecule has 0 unspecified atom stereocenters. The Morgan fingerprint density at radius 3 is 2.62 bits per heavy atom. The molecule has 1 heterocycles. The van der Waals surface area contributed by atoms with Gasteiger partial charge in [-0.05, 0) is 23.6 Å². The van der Waals surface area contributed by atoms with Gasteiger partial charge in [0.2, 0.25) is 0 Å². The number of rotatable bonds is 8. The minimum atomic E-state index is -0.919. The lowest BCUT2D eigenvalue weighted by Gasteiger charge is -2.09. The molecule has 26 heavy (non-hydrogen) atoms. The zero-order chi connectivity index (χ0) is 18.9. The van der Waals surface area contributed by atoms with E-state index < -0.39 is 5.97 Å². The fraction of sp³-hybridized carbons (Fsp3) is 0.263. The molecule has 7 heteroatoms. The van der Waals surface area contributed by atoms with Crippen molar-refractivity contribution in [2.75, 3.05) is 6.54 Å². The largest absolute Gasteiger partial charge is 0.478 e. The molecular weight excluding hydrogens is 348 g/mol. The average molecular weight is 372 g/mol. The molecule has 0 aliphatic rings. The van der Waals surface area contributed by atoms with Gasteiger partial charge in [-0.25, -0.2) is 10.6 Å². The van der Waals surface area contributed by atoms with Crippen LogP contribution in [-0.2, 0) is 6.54 Å². The van der Waals surface area contributed by atoms with Gasteiger partial charge in [-0.15, -0.1) is 0 Å². The molecule has 138 valence electrons. The standard InChI is InChI=1S/C19H24N4O2S/c1-3-4-10-21-19(22-20)26-14(2)16-7-5-15(6-8-16)12-23-11-9-17(13-23)18(24)25/h5-9,11,13H,2-4,10,12,20H2,1H3,(H,21,22)(H,24,25). The Morgan fingerprint density at radius 1 is 1.31 bits per heavy atom. The van der Waals surface area contributed by atoms with Crippen LogP contribution < -0.4 is 11.3 Å². The van der Waals surface area contributed by atoms with Crippen molar-refractivity contribution in [3.8, 4) is 0 Å². The molecule has 6 nitrogen and oxygen atoms in total. The first-order chi connectivity index (χ1) is 12.5. The quantitative estimate of drug-likeness (QED) is 0.217. The highest BCUT2D eigenvalue weighted by atomic mass is 32.2. The Hall–Kier alpha value is -2.51. The molecular formula is C19H24N4O2S. The lowest BCUT2D eigenvalue weighted by Crippen LogP contribution is -2.28. The van der Waals surface area contributed by atoms with Gasteiger partial charge < -0.3 is 15.1 Å². The second-order valence-electron chi connectivity index (χ2n) is 5.78. The highest BCUT2D eigenvalue weighted by molar-refractivity contribution is 8.21. The van der Waals surface area contributed by atoms with Crippen molar-refractivity contribution in [3.05, 3.63) is 66.0 Å². The first kappa shape index (κ1) is 19.8. The number of carbonyl (C=O) groups is 1. The van der Waals surface area contributed by atoms with Crippen LogP contribution in [0.3, 0.4) is 0 Å². The van der Waals surface area contributed by atoms with Crippen molar-refractivity contribution in [1.29, 1.82) is 0 Å². The van der Waals surface area contributed by atoms with Crippen LogP contribution in [0.4, 0.5) is 0 Å². The van der Waals surface area contributed by atoms with Gasteiger partial charge in [0.25, 0.3) is 0 Å². The molecule has 0 aliphatic heterocycles. The molecule has 1 aromatic carbocycles. The maximum Gasteiger partial charge on any atom is 0.337 e. The van der Waals surface area contributed by atoms with E-state index in [1.54, 1.807) is 18.5 Å². The number of amidine groups is 1. The summed E-state index contributed by atoms with van der Waals surface area (Å²) in [5, 5.41) is 9.63. The summed E-state index contributed by atoms with van der Waals surface area (Å²) >= 11 is 1.41. The van der Waals surface area contributed by atoms with E-state index in [0.717, 1.165) is 35.4 Å². The Labute approximate surface area is 157 Å².